The van der Waals surface area contributed by atoms with Crippen molar-refractivity contribution in [2.75, 3.05) is 39.5 Å². The van der Waals surface area contributed by atoms with Gasteiger partial charge in [-0.15, -0.1) is 0 Å². The highest BCUT2D eigenvalue weighted by molar-refractivity contribution is 4.89. The summed E-state index contributed by atoms with van der Waals surface area (Å²) in [5, 5.41) is 9.75. The minimum atomic E-state index is -0.0839. The van der Waals surface area contributed by atoms with Gasteiger partial charge in [-0.3, -0.25) is 4.90 Å². The van der Waals surface area contributed by atoms with Crippen LogP contribution in [0, 0.1) is 5.41 Å². The second kappa shape index (κ2) is 5.45. The molecule has 0 aromatic rings. The van der Waals surface area contributed by atoms with Gasteiger partial charge in [0.2, 0.25) is 0 Å². The molecule has 1 atom stereocenters. The van der Waals surface area contributed by atoms with Gasteiger partial charge < -0.3 is 14.6 Å². The number of morpholine rings is 1. The molecule has 2 aliphatic heterocycles. The quantitative estimate of drug-likeness (QED) is 0.827. The zero-order chi connectivity index (χ0) is 13.2. The van der Waals surface area contributed by atoms with Crippen LogP contribution in [-0.2, 0) is 9.47 Å². The van der Waals surface area contributed by atoms with Crippen molar-refractivity contribution in [3.63, 3.8) is 0 Å². The Kier molecular flexibility index (Phi) is 4.32. The molecule has 0 saturated carbocycles. The van der Waals surface area contributed by atoms with E-state index in [1.807, 2.05) is 0 Å². The van der Waals surface area contributed by atoms with E-state index in [1.165, 1.54) is 0 Å². The average molecular weight is 257 g/mol. The third kappa shape index (κ3) is 3.44. The van der Waals surface area contributed by atoms with Crippen LogP contribution >= 0.6 is 0 Å². The fourth-order valence-corrected chi connectivity index (χ4v) is 3.35. The van der Waals surface area contributed by atoms with Gasteiger partial charge >= 0.3 is 0 Å². The summed E-state index contributed by atoms with van der Waals surface area (Å²) in [6.45, 7) is 11.1. The Morgan fingerprint density at radius 1 is 1.28 bits per heavy atom. The SMILES string of the molecule is CC1CN(CC2(CO)CCOCC2)CC(C)(C)O1. The molecule has 2 aliphatic rings. The molecule has 4 heteroatoms. The van der Waals surface area contributed by atoms with Crippen molar-refractivity contribution in [2.24, 2.45) is 5.41 Å². The Bertz CT molecular complexity index is 274. The van der Waals surface area contributed by atoms with Gasteiger partial charge in [0.15, 0.2) is 0 Å². The topological polar surface area (TPSA) is 41.9 Å². The third-order valence-corrected chi connectivity index (χ3v) is 4.09. The van der Waals surface area contributed by atoms with Gasteiger partial charge in [0.1, 0.15) is 0 Å². The number of nitrogens with zero attached hydrogens (tertiary/aromatic N) is 1. The van der Waals surface area contributed by atoms with Crippen molar-refractivity contribution >= 4 is 0 Å². The largest absolute Gasteiger partial charge is 0.396 e. The maximum Gasteiger partial charge on any atom is 0.0757 e. The summed E-state index contributed by atoms with van der Waals surface area (Å²) < 4.78 is 11.4. The number of aliphatic hydroxyl groups excluding tert-OH is 1. The summed E-state index contributed by atoms with van der Waals surface area (Å²) in [4.78, 5) is 2.45. The smallest absolute Gasteiger partial charge is 0.0757 e. The zero-order valence-electron chi connectivity index (χ0n) is 11.9. The van der Waals surface area contributed by atoms with Crippen molar-refractivity contribution in [2.45, 2.75) is 45.3 Å². The predicted octanol–water partition coefficient (Wildman–Crippen LogP) is 1.27. The first kappa shape index (κ1) is 14.3. The Morgan fingerprint density at radius 2 is 1.94 bits per heavy atom. The molecule has 0 aliphatic carbocycles. The van der Waals surface area contributed by atoms with Gasteiger partial charge in [-0.25, -0.2) is 0 Å². The number of ether oxygens (including phenoxy) is 2. The molecule has 1 N–H and O–H groups in total. The molecule has 0 aromatic heterocycles. The van der Waals surface area contributed by atoms with Gasteiger partial charge in [-0.1, -0.05) is 0 Å². The maximum atomic E-state index is 9.75. The first-order chi connectivity index (χ1) is 8.45. The van der Waals surface area contributed by atoms with Crippen molar-refractivity contribution in [1.82, 2.24) is 4.90 Å². The Hall–Kier alpha value is -0.160. The lowest BCUT2D eigenvalue weighted by Gasteiger charge is -2.46. The van der Waals surface area contributed by atoms with Crippen LogP contribution in [0.2, 0.25) is 0 Å². The molecule has 2 saturated heterocycles. The van der Waals surface area contributed by atoms with Gasteiger partial charge in [-0.05, 0) is 33.6 Å². The van der Waals surface area contributed by atoms with E-state index in [1.54, 1.807) is 0 Å². The third-order valence-electron chi connectivity index (χ3n) is 4.09. The lowest BCUT2D eigenvalue weighted by atomic mass is 9.80. The molecule has 2 rings (SSSR count). The van der Waals surface area contributed by atoms with Crippen LogP contribution in [0.4, 0.5) is 0 Å². The number of hydrogen-bond donors (Lipinski definition) is 1. The average Bonchev–Trinajstić information content (AvgIpc) is 2.27. The molecule has 0 aromatic carbocycles. The van der Waals surface area contributed by atoms with E-state index in [-0.39, 0.29) is 23.7 Å². The van der Waals surface area contributed by atoms with Gasteiger partial charge in [0.05, 0.1) is 18.3 Å². The molecule has 0 spiro atoms. The summed E-state index contributed by atoms with van der Waals surface area (Å²) in [5.41, 5.74) is -0.0507. The number of rotatable bonds is 3. The monoisotopic (exact) mass is 257 g/mol. The van der Waals surface area contributed by atoms with Crippen molar-refractivity contribution in [1.29, 1.82) is 0 Å². The zero-order valence-corrected chi connectivity index (χ0v) is 11.9. The van der Waals surface area contributed by atoms with Crippen LogP contribution in [0.15, 0.2) is 0 Å². The first-order valence-electron chi connectivity index (χ1n) is 7.04. The van der Waals surface area contributed by atoms with Gasteiger partial charge in [0.25, 0.3) is 0 Å². The summed E-state index contributed by atoms with van der Waals surface area (Å²) in [6.07, 6.45) is 2.20. The highest BCUT2D eigenvalue weighted by Gasteiger charge is 2.38. The van der Waals surface area contributed by atoms with Crippen molar-refractivity contribution < 1.29 is 14.6 Å². The summed E-state index contributed by atoms with van der Waals surface area (Å²) in [6, 6.07) is 0. The van der Waals surface area contributed by atoms with E-state index in [9.17, 15) is 5.11 Å². The highest BCUT2D eigenvalue weighted by Crippen LogP contribution is 2.33. The molecular formula is C14H27NO3. The lowest BCUT2D eigenvalue weighted by molar-refractivity contribution is -0.142. The van der Waals surface area contributed by atoms with Crippen LogP contribution in [0.3, 0.4) is 0 Å². The van der Waals surface area contributed by atoms with E-state index in [0.717, 1.165) is 45.7 Å². The molecule has 0 bridgehead atoms. The van der Waals surface area contributed by atoms with E-state index in [0.29, 0.717) is 0 Å². The molecule has 0 radical (unpaired) electrons. The second-order valence-electron chi connectivity index (χ2n) is 6.63. The molecule has 0 amide bonds. The molecule has 1 unspecified atom stereocenters. The maximum absolute atomic E-state index is 9.75. The van der Waals surface area contributed by atoms with Crippen LogP contribution < -0.4 is 0 Å². The van der Waals surface area contributed by atoms with Crippen molar-refractivity contribution in [3.8, 4) is 0 Å². The normalized spacial score (nSPS) is 32.3. The second-order valence-corrected chi connectivity index (χ2v) is 6.63. The van der Waals surface area contributed by atoms with Crippen molar-refractivity contribution in [3.05, 3.63) is 0 Å². The van der Waals surface area contributed by atoms with Gasteiger partial charge in [-0.2, -0.15) is 0 Å². The van der Waals surface area contributed by atoms with Gasteiger partial charge in [0, 0.05) is 38.3 Å². The minimum absolute atomic E-state index is 0.0331. The fraction of sp³-hybridized carbons (Fsp3) is 1.00. The summed E-state index contributed by atoms with van der Waals surface area (Å²) in [5.74, 6) is 0. The Balaban J connectivity index is 1.98. The predicted molar refractivity (Wildman–Crippen MR) is 70.6 cm³/mol. The van der Waals surface area contributed by atoms with E-state index >= 15 is 0 Å². The molecule has 2 heterocycles. The molecule has 4 nitrogen and oxygen atoms in total. The van der Waals surface area contributed by atoms with Crippen LogP contribution in [0.1, 0.15) is 33.6 Å². The standard InChI is InChI=1S/C14H27NO3/c1-12-8-15(9-13(2,3)18-12)10-14(11-16)4-6-17-7-5-14/h12,16H,4-11H2,1-3H3. The van der Waals surface area contributed by atoms with Crippen LogP contribution in [-0.4, -0.2) is 61.2 Å². The molecule has 2 fully saturated rings. The molecule has 18 heavy (non-hydrogen) atoms. The summed E-state index contributed by atoms with van der Waals surface area (Å²) >= 11 is 0. The Morgan fingerprint density at radius 3 is 2.50 bits per heavy atom. The Labute approximate surface area is 110 Å². The van der Waals surface area contributed by atoms with E-state index in [4.69, 9.17) is 9.47 Å². The fourth-order valence-electron chi connectivity index (χ4n) is 3.35. The molecule has 106 valence electrons. The lowest BCUT2D eigenvalue weighted by Crippen LogP contribution is -2.55. The number of aliphatic hydroxyl groups is 1. The van der Waals surface area contributed by atoms with Crippen LogP contribution in [0.5, 0.6) is 0 Å². The number of hydrogen-bond acceptors (Lipinski definition) is 4. The van der Waals surface area contributed by atoms with E-state index < -0.39 is 0 Å². The van der Waals surface area contributed by atoms with Crippen LogP contribution in [0.25, 0.3) is 0 Å². The highest BCUT2D eigenvalue weighted by atomic mass is 16.5. The van der Waals surface area contributed by atoms with E-state index in [2.05, 4.69) is 25.7 Å². The summed E-state index contributed by atoms with van der Waals surface area (Å²) in [7, 11) is 0. The first-order valence-corrected chi connectivity index (χ1v) is 7.04. The minimum Gasteiger partial charge on any atom is -0.396 e. The molecular weight excluding hydrogens is 230 g/mol.